The molecule has 0 bridgehead atoms. The Bertz CT molecular complexity index is 435. The maximum Gasteiger partial charge on any atom is 0.163 e. The smallest absolute Gasteiger partial charge is 0.163 e. The second-order valence-electron chi connectivity index (χ2n) is 4.76. The zero-order valence-corrected chi connectivity index (χ0v) is 9.78. The summed E-state index contributed by atoms with van der Waals surface area (Å²) in [6.07, 6.45) is 4.29. The highest BCUT2D eigenvalue weighted by Crippen LogP contribution is 2.35. The van der Waals surface area contributed by atoms with Gasteiger partial charge < -0.3 is 9.47 Å². The summed E-state index contributed by atoms with van der Waals surface area (Å²) < 4.78 is 10.9. The molecular formula is C14H16O3. The lowest BCUT2D eigenvalue weighted by Gasteiger charge is -2.18. The molecule has 0 spiro atoms. The predicted octanol–water partition coefficient (Wildman–Crippen LogP) is 2.83. The molecule has 1 aromatic rings. The molecule has 0 radical (unpaired) electrons. The van der Waals surface area contributed by atoms with E-state index < -0.39 is 0 Å². The van der Waals surface area contributed by atoms with Gasteiger partial charge in [0.2, 0.25) is 0 Å². The van der Waals surface area contributed by atoms with Crippen LogP contribution in [0, 0.1) is 5.92 Å². The molecule has 0 unspecified atom stereocenters. The quantitative estimate of drug-likeness (QED) is 0.749. The van der Waals surface area contributed by atoms with Crippen LogP contribution in [0.3, 0.4) is 0 Å². The Labute approximate surface area is 101 Å². The first-order valence-corrected chi connectivity index (χ1v) is 6.26. The summed E-state index contributed by atoms with van der Waals surface area (Å²) >= 11 is 0. The van der Waals surface area contributed by atoms with Crippen molar-refractivity contribution in [2.75, 3.05) is 13.2 Å². The van der Waals surface area contributed by atoms with E-state index >= 15 is 0 Å². The van der Waals surface area contributed by atoms with Crippen LogP contribution in [0.1, 0.15) is 36.0 Å². The van der Waals surface area contributed by atoms with Crippen molar-refractivity contribution in [1.29, 1.82) is 0 Å². The van der Waals surface area contributed by atoms with Gasteiger partial charge in [0.05, 0.1) is 0 Å². The summed E-state index contributed by atoms with van der Waals surface area (Å²) in [5.41, 5.74) is 0.745. The van der Waals surface area contributed by atoms with Gasteiger partial charge in [-0.25, -0.2) is 0 Å². The molecular weight excluding hydrogens is 216 g/mol. The lowest BCUT2D eigenvalue weighted by atomic mass is 10.0. The second kappa shape index (κ2) is 4.40. The largest absolute Gasteiger partial charge is 0.486 e. The maximum absolute atomic E-state index is 12.0. The fourth-order valence-electron chi connectivity index (χ4n) is 2.10. The number of carbonyl (C=O) groups excluding carboxylic acids is 1. The minimum Gasteiger partial charge on any atom is -0.486 e. The molecule has 1 aliphatic heterocycles. The van der Waals surface area contributed by atoms with Crippen LogP contribution in [0.4, 0.5) is 0 Å². The Balaban J connectivity index is 1.70. The van der Waals surface area contributed by atoms with Crippen molar-refractivity contribution in [3.63, 3.8) is 0 Å². The van der Waals surface area contributed by atoms with Crippen molar-refractivity contribution in [2.45, 2.75) is 25.7 Å². The van der Waals surface area contributed by atoms with Gasteiger partial charge in [-0.3, -0.25) is 4.79 Å². The average Bonchev–Trinajstić information content (AvgIpc) is 3.19. The van der Waals surface area contributed by atoms with Crippen molar-refractivity contribution in [1.82, 2.24) is 0 Å². The Morgan fingerprint density at radius 2 is 1.94 bits per heavy atom. The fourth-order valence-corrected chi connectivity index (χ4v) is 2.10. The van der Waals surface area contributed by atoms with E-state index in [0.717, 1.165) is 23.7 Å². The lowest BCUT2D eigenvalue weighted by molar-refractivity contribution is 0.0977. The Morgan fingerprint density at radius 3 is 2.71 bits per heavy atom. The van der Waals surface area contributed by atoms with Crippen LogP contribution in [0.15, 0.2) is 18.2 Å². The van der Waals surface area contributed by atoms with Gasteiger partial charge in [0.15, 0.2) is 17.3 Å². The molecule has 1 aliphatic carbocycles. The van der Waals surface area contributed by atoms with E-state index in [1.807, 2.05) is 18.2 Å². The molecule has 1 aromatic carbocycles. The molecule has 2 aliphatic rings. The zero-order valence-electron chi connectivity index (χ0n) is 9.78. The molecule has 17 heavy (non-hydrogen) atoms. The summed E-state index contributed by atoms with van der Waals surface area (Å²) in [4.78, 5) is 12.0. The van der Waals surface area contributed by atoms with Crippen LogP contribution in [0.25, 0.3) is 0 Å². The minimum atomic E-state index is 0.217. The van der Waals surface area contributed by atoms with Crippen molar-refractivity contribution >= 4 is 5.78 Å². The number of rotatable bonds is 4. The highest BCUT2D eigenvalue weighted by Gasteiger charge is 2.22. The maximum atomic E-state index is 12.0. The van der Waals surface area contributed by atoms with Crippen LogP contribution >= 0.6 is 0 Å². The van der Waals surface area contributed by atoms with Crippen LogP contribution in [-0.4, -0.2) is 19.0 Å². The summed E-state index contributed by atoms with van der Waals surface area (Å²) in [5, 5.41) is 0. The van der Waals surface area contributed by atoms with Crippen molar-refractivity contribution in [3.05, 3.63) is 23.8 Å². The van der Waals surface area contributed by atoms with E-state index in [2.05, 4.69) is 0 Å². The van der Waals surface area contributed by atoms with E-state index in [-0.39, 0.29) is 5.78 Å². The fraction of sp³-hybridized carbons (Fsp3) is 0.500. The molecule has 1 saturated carbocycles. The average molecular weight is 232 g/mol. The van der Waals surface area contributed by atoms with Gasteiger partial charge in [0, 0.05) is 12.0 Å². The SMILES string of the molecule is O=C(CCC1CC1)c1ccc2c(c1)OCCO2. The lowest BCUT2D eigenvalue weighted by Crippen LogP contribution is -2.15. The first-order valence-electron chi connectivity index (χ1n) is 6.26. The standard InChI is InChI=1S/C14H16O3/c15-12(5-3-10-1-2-10)11-4-6-13-14(9-11)17-8-7-16-13/h4,6,9-10H,1-3,5,7-8H2. The summed E-state index contributed by atoms with van der Waals surface area (Å²) in [5.74, 6) is 2.47. The molecule has 3 nitrogen and oxygen atoms in total. The van der Waals surface area contributed by atoms with E-state index in [9.17, 15) is 4.79 Å². The number of hydrogen-bond acceptors (Lipinski definition) is 3. The van der Waals surface area contributed by atoms with Gasteiger partial charge in [-0.2, -0.15) is 0 Å². The summed E-state index contributed by atoms with van der Waals surface area (Å²) in [6.45, 7) is 1.15. The van der Waals surface area contributed by atoms with Crippen molar-refractivity contribution in [2.24, 2.45) is 5.92 Å². The van der Waals surface area contributed by atoms with E-state index in [1.165, 1.54) is 12.8 Å². The van der Waals surface area contributed by atoms with Crippen LogP contribution < -0.4 is 9.47 Å². The van der Waals surface area contributed by atoms with E-state index in [4.69, 9.17) is 9.47 Å². The van der Waals surface area contributed by atoms with Crippen LogP contribution in [-0.2, 0) is 0 Å². The second-order valence-corrected chi connectivity index (χ2v) is 4.76. The summed E-state index contributed by atoms with van der Waals surface area (Å²) in [7, 11) is 0. The van der Waals surface area contributed by atoms with E-state index in [1.54, 1.807) is 0 Å². The highest BCUT2D eigenvalue weighted by molar-refractivity contribution is 5.96. The molecule has 0 atom stereocenters. The highest BCUT2D eigenvalue weighted by atomic mass is 16.6. The molecule has 1 fully saturated rings. The number of ether oxygens (including phenoxy) is 2. The topological polar surface area (TPSA) is 35.5 Å². The Kier molecular flexibility index (Phi) is 2.75. The molecule has 3 heteroatoms. The molecule has 0 N–H and O–H groups in total. The molecule has 0 amide bonds. The number of benzene rings is 1. The number of Topliss-reactive ketones (excluding diaryl/α,β-unsaturated/α-hetero) is 1. The van der Waals surface area contributed by atoms with Gasteiger partial charge in [-0.15, -0.1) is 0 Å². The van der Waals surface area contributed by atoms with Gasteiger partial charge in [0.25, 0.3) is 0 Å². The van der Waals surface area contributed by atoms with Gasteiger partial charge >= 0.3 is 0 Å². The van der Waals surface area contributed by atoms with E-state index in [0.29, 0.717) is 25.4 Å². The normalized spacial score (nSPS) is 17.9. The number of ketones is 1. The third-order valence-corrected chi connectivity index (χ3v) is 3.34. The molecule has 90 valence electrons. The number of fused-ring (bicyclic) bond motifs is 1. The number of hydrogen-bond donors (Lipinski definition) is 0. The molecule has 0 aromatic heterocycles. The third-order valence-electron chi connectivity index (χ3n) is 3.34. The van der Waals surface area contributed by atoms with Crippen molar-refractivity contribution in [3.8, 4) is 11.5 Å². The van der Waals surface area contributed by atoms with Crippen molar-refractivity contribution < 1.29 is 14.3 Å². The minimum absolute atomic E-state index is 0.217. The van der Waals surface area contributed by atoms with Crippen LogP contribution in [0.5, 0.6) is 11.5 Å². The molecule has 1 heterocycles. The number of carbonyl (C=O) groups is 1. The van der Waals surface area contributed by atoms with Gasteiger partial charge in [-0.05, 0) is 30.5 Å². The third kappa shape index (κ3) is 2.43. The monoisotopic (exact) mass is 232 g/mol. The first kappa shape index (κ1) is 10.6. The Morgan fingerprint density at radius 1 is 1.18 bits per heavy atom. The van der Waals surface area contributed by atoms with Gasteiger partial charge in [0.1, 0.15) is 13.2 Å². The molecule has 0 saturated heterocycles. The zero-order chi connectivity index (χ0) is 11.7. The van der Waals surface area contributed by atoms with Gasteiger partial charge in [-0.1, -0.05) is 12.8 Å². The Hall–Kier alpha value is -1.51. The first-order chi connectivity index (χ1) is 8.33. The van der Waals surface area contributed by atoms with Crippen LogP contribution in [0.2, 0.25) is 0 Å². The predicted molar refractivity (Wildman–Crippen MR) is 63.7 cm³/mol. The molecule has 3 rings (SSSR count). The summed E-state index contributed by atoms with van der Waals surface area (Å²) in [6, 6.07) is 5.48.